The summed E-state index contributed by atoms with van der Waals surface area (Å²) in [6, 6.07) is 5.44. The first-order valence-electron chi connectivity index (χ1n) is 9.60. The first-order valence-corrected chi connectivity index (χ1v) is 9.60. The molecule has 0 unspecified atom stereocenters. The number of ether oxygens (including phenoxy) is 1. The van der Waals surface area contributed by atoms with E-state index in [-0.39, 0.29) is 24.8 Å². The second kappa shape index (κ2) is 12.5. The maximum Gasteiger partial charge on any atom is 0.337 e. The summed E-state index contributed by atoms with van der Waals surface area (Å²) in [6.07, 6.45) is 1.34. The van der Waals surface area contributed by atoms with E-state index in [2.05, 4.69) is 15.4 Å². The minimum atomic E-state index is -0.890. The third kappa shape index (κ3) is 8.30. The van der Waals surface area contributed by atoms with E-state index in [0.29, 0.717) is 30.8 Å². The van der Waals surface area contributed by atoms with E-state index in [0.717, 1.165) is 6.42 Å². The summed E-state index contributed by atoms with van der Waals surface area (Å²) in [5.41, 5.74) is 6.22. The van der Waals surface area contributed by atoms with Crippen LogP contribution in [0.2, 0.25) is 0 Å². The van der Waals surface area contributed by atoms with Gasteiger partial charge in [0.25, 0.3) is 0 Å². The summed E-state index contributed by atoms with van der Waals surface area (Å²) < 4.78 is 4.67. The van der Waals surface area contributed by atoms with Crippen LogP contribution in [-0.2, 0) is 19.1 Å². The second-order valence-electron chi connectivity index (χ2n) is 6.56. The molecule has 9 nitrogen and oxygen atoms in total. The van der Waals surface area contributed by atoms with Gasteiger partial charge in [0.05, 0.1) is 31.7 Å². The molecular weight excluding hydrogens is 376 g/mol. The van der Waals surface area contributed by atoms with Crippen molar-refractivity contribution in [1.82, 2.24) is 10.2 Å². The molecule has 0 radical (unpaired) electrons. The number of nitrogens with zero attached hydrogens (tertiary/aromatic N) is 1. The number of rotatable bonds is 12. The van der Waals surface area contributed by atoms with Gasteiger partial charge in [0, 0.05) is 12.2 Å². The Morgan fingerprint density at radius 3 is 2.45 bits per heavy atom. The van der Waals surface area contributed by atoms with Gasteiger partial charge in [-0.3, -0.25) is 19.3 Å². The zero-order chi connectivity index (χ0) is 21.8. The summed E-state index contributed by atoms with van der Waals surface area (Å²) in [4.78, 5) is 49.7. The van der Waals surface area contributed by atoms with E-state index < -0.39 is 17.9 Å². The number of methoxy groups -OCH3 is 1. The van der Waals surface area contributed by atoms with Crippen molar-refractivity contribution in [2.45, 2.75) is 39.2 Å². The van der Waals surface area contributed by atoms with Gasteiger partial charge in [0.15, 0.2) is 0 Å². The highest BCUT2D eigenvalue weighted by atomic mass is 16.5. The van der Waals surface area contributed by atoms with E-state index in [4.69, 9.17) is 5.73 Å². The van der Waals surface area contributed by atoms with Gasteiger partial charge in [-0.25, -0.2) is 4.79 Å². The van der Waals surface area contributed by atoms with E-state index in [9.17, 15) is 19.2 Å². The molecule has 29 heavy (non-hydrogen) atoms. The Balaban J connectivity index is 2.84. The molecule has 0 aliphatic rings. The Hall–Kier alpha value is -2.94. The van der Waals surface area contributed by atoms with Gasteiger partial charge in [0.1, 0.15) is 0 Å². The molecule has 1 aromatic carbocycles. The van der Waals surface area contributed by atoms with E-state index >= 15 is 0 Å². The molecule has 0 saturated heterocycles. The highest BCUT2D eigenvalue weighted by molar-refractivity contribution is 5.96. The standard InChI is InChI=1S/C20H30N4O5/c1-4-9-22-17(25)12-16(19(21)27)24(10-5-2)13-18(26)23-15-8-6-7-14(11-15)20(28)29-3/h6-8,11,16H,4-5,9-10,12-13H2,1-3H3,(H2,21,27)(H,22,25)(H,23,26)/t16-/m0/s1. The molecule has 0 saturated carbocycles. The average molecular weight is 406 g/mol. The fourth-order valence-corrected chi connectivity index (χ4v) is 2.78. The van der Waals surface area contributed by atoms with Crippen molar-refractivity contribution in [3.63, 3.8) is 0 Å². The molecule has 160 valence electrons. The van der Waals surface area contributed by atoms with Gasteiger partial charge in [-0.15, -0.1) is 0 Å². The number of nitrogens with two attached hydrogens (primary N) is 1. The minimum absolute atomic E-state index is 0.111. The van der Waals surface area contributed by atoms with Gasteiger partial charge in [-0.1, -0.05) is 19.9 Å². The van der Waals surface area contributed by atoms with Gasteiger partial charge in [-0.05, 0) is 37.6 Å². The zero-order valence-corrected chi connectivity index (χ0v) is 17.2. The summed E-state index contributed by atoms with van der Waals surface area (Å²) in [5.74, 6) is -1.85. The van der Waals surface area contributed by atoms with Gasteiger partial charge < -0.3 is 21.1 Å². The average Bonchev–Trinajstić information content (AvgIpc) is 2.69. The highest BCUT2D eigenvalue weighted by Gasteiger charge is 2.27. The van der Waals surface area contributed by atoms with E-state index in [1.54, 1.807) is 23.1 Å². The number of carbonyl (C=O) groups excluding carboxylic acids is 4. The molecule has 9 heteroatoms. The second-order valence-corrected chi connectivity index (χ2v) is 6.56. The molecule has 1 aromatic rings. The molecule has 0 fully saturated rings. The van der Waals surface area contributed by atoms with Crippen molar-refractivity contribution >= 4 is 29.4 Å². The maximum atomic E-state index is 12.5. The van der Waals surface area contributed by atoms with Crippen molar-refractivity contribution in [1.29, 1.82) is 0 Å². The smallest absolute Gasteiger partial charge is 0.337 e. The number of hydrogen-bond donors (Lipinski definition) is 3. The Labute approximate surface area is 170 Å². The van der Waals surface area contributed by atoms with Crippen molar-refractivity contribution in [3.8, 4) is 0 Å². The van der Waals surface area contributed by atoms with Crippen LogP contribution in [0.5, 0.6) is 0 Å². The van der Waals surface area contributed by atoms with Crippen LogP contribution >= 0.6 is 0 Å². The summed E-state index contributed by atoms with van der Waals surface area (Å²) in [5, 5.41) is 5.40. The Kier molecular flexibility index (Phi) is 10.4. The van der Waals surface area contributed by atoms with E-state index in [1.165, 1.54) is 13.2 Å². The van der Waals surface area contributed by atoms with Gasteiger partial charge >= 0.3 is 5.97 Å². The van der Waals surface area contributed by atoms with Crippen LogP contribution < -0.4 is 16.4 Å². The SMILES string of the molecule is CCCNC(=O)C[C@@H](C(N)=O)N(CCC)CC(=O)Nc1cccc(C(=O)OC)c1. The fourth-order valence-electron chi connectivity index (χ4n) is 2.78. The first-order chi connectivity index (χ1) is 13.8. The van der Waals surface area contributed by atoms with Crippen molar-refractivity contribution in [2.24, 2.45) is 5.73 Å². The topological polar surface area (TPSA) is 131 Å². The van der Waals surface area contributed by atoms with Crippen LogP contribution in [0.3, 0.4) is 0 Å². The minimum Gasteiger partial charge on any atom is -0.465 e. The van der Waals surface area contributed by atoms with Crippen LogP contribution in [-0.4, -0.2) is 61.4 Å². The molecular formula is C20H30N4O5. The Morgan fingerprint density at radius 2 is 1.86 bits per heavy atom. The first kappa shape index (κ1) is 24.1. The predicted molar refractivity (Wildman–Crippen MR) is 109 cm³/mol. The lowest BCUT2D eigenvalue weighted by Gasteiger charge is -2.28. The van der Waals surface area contributed by atoms with Crippen molar-refractivity contribution < 1.29 is 23.9 Å². The van der Waals surface area contributed by atoms with Crippen molar-refractivity contribution in [3.05, 3.63) is 29.8 Å². The van der Waals surface area contributed by atoms with Crippen LogP contribution in [0.15, 0.2) is 24.3 Å². The number of anilines is 1. The Morgan fingerprint density at radius 1 is 1.14 bits per heavy atom. The Bertz CT molecular complexity index is 723. The molecule has 0 heterocycles. The molecule has 0 aliphatic heterocycles. The largest absolute Gasteiger partial charge is 0.465 e. The van der Waals surface area contributed by atoms with Crippen LogP contribution in [0.4, 0.5) is 5.69 Å². The van der Waals surface area contributed by atoms with Gasteiger partial charge in [0.2, 0.25) is 17.7 Å². The molecule has 4 N–H and O–H groups in total. The third-order valence-corrected chi connectivity index (χ3v) is 4.15. The lowest BCUT2D eigenvalue weighted by Crippen LogP contribution is -2.50. The van der Waals surface area contributed by atoms with Crippen LogP contribution in [0.1, 0.15) is 43.5 Å². The quantitative estimate of drug-likeness (QED) is 0.442. The van der Waals surface area contributed by atoms with Gasteiger partial charge in [-0.2, -0.15) is 0 Å². The number of nitrogens with one attached hydrogen (secondary N) is 2. The molecule has 0 aliphatic carbocycles. The van der Waals surface area contributed by atoms with E-state index in [1.807, 2.05) is 13.8 Å². The highest BCUT2D eigenvalue weighted by Crippen LogP contribution is 2.13. The van der Waals surface area contributed by atoms with Crippen LogP contribution in [0.25, 0.3) is 0 Å². The number of benzene rings is 1. The predicted octanol–water partition coefficient (Wildman–Crippen LogP) is 0.894. The summed E-state index contributed by atoms with van der Waals surface area (Å²) >= 11 is 0. The number of amides is 3. The molecule has 0 bridgehead atoms. The maximum absolute atomic E-state index is 12.5. The fraction of sp³-hybridized carbons (Fsp3) is 0.500. The molecule has 0 aromatic heterocycles. The monoisotopic (exact) mass is 406 g/mol. The molecule has 1 atom stereocenters. The molecule has 1 rings (SSSR count). The third-order valence-electron chi connectivity index (χ3n) is 4.15. The number of hydrogen-bond acceptors (Lipinski definition) is 6. The molecule has 3 amide bonds. The van der Waals surface area contributed by atoms with Crippen molar-refractivity contribution in [2.75, 3.05) is 32.1 Å². The normalized spacial score (nSPS) is 11.6. The summed E-state index contributed by atoms with van der Waals surface area (Å²) in [7, 11) is 1.27. The number of esters is 1. The zero-order valence-electron chi connectivity index (χ0n) is 17.2. The number of primary amides is 1. The van der Waals surface area contributed by atoms with Crippen LogP contribution in [0, 0.1) is 0 Å². The lowest BCUT2D eigenvalue weighted by atomic mass is 10.1. The number of carbonyl (C=O) groups is 4. The molecule has 0 spiro atoms. The lowest BCUT2D eigenvalue weighted by molar-refractivity contribution is -0.131. The summed E-state index contributed by atoms with van der Waals surface area (Å²) in [6.45, 7) is 4.64.